The topological polar surface area (TPSA) is 60.7 Å². The van der Waals surface area contributed by atoms with Crippen LogP contribution < -0.4 is 5.30 Å². The summed E-state index contributed by atoms with van der Waals surface area (Å²) in [7, 11) is -3.83. The van der Waals surface area contributed by atoms with Gasteiger partial charge in [0.2, 0.25) is 0 Å². The quantitative estimate of drug-likeness (QED) is 0.695. The van der Waals surface area contributed by atoms with Gasteiger partial charge in [0.1, 0.15) is 0 Å². The molecule has 0 atom stereocenters. The number of rotatable bonds is 2. The number of hydrogen-bond acceptors (Lipinski definition) is 3. The Bertz CT molecular complexity index is 336. The normalized spacial score (nSPS) is 18.7. The monoisotopic (exact) mass is 241 g/mol. The molecule has 0 aliphatic heterocycles. The smallest absolute Gasteiger partial charge is 0.189 e. The van der Waals surface area contributed by atoms with E-state index < -0.39 is 7.94 Å². The van der Waals surface area contributed by atoms with E-state index in [1.165, 1.54) is 37.7 Å². The van der Waals surface area contributed by atoms with E-state index in [2.05, 4.69) is 0 Å². The average molecular weight is 241 g/mol. The molecule has 0 spiro atoms. The first-order chi connectivity index (χ1) is 7.57. The molecule has 0 amide bonds. The van der Waals surface area contributed by atoms with Gasteiger partial charge in [-0.15, -0.1) is 0 Å². The van der Waals surface area contributed by atoms with Crippen molar-refractivity contribution in [2.24, 2.45) is 0 Å². The lowest BCUT2D eigenvalue weighted by atomic mass is 9.84. The summed E-state index contributed by atoms with van der Waals surface area (Å²) in [6, 6.07) is 7.06. The van der Waals surface area contributed by atoms with E-state index in [0.29, 0.717) is 5.92 Å². The summed E-state index contributed by atoms with van der Waals surface area (Å²) in [6.07, 6.45) is 6.33. The lowest BCUT2D eigenvalue weighted by Crippen LogP contribution is -2.11. The molecule has 0 heterocycles. The maximum Gasteiger partial charge on any atom is 0.440 e. The Kier molecular flexibility index (Phi) is 3.60. The predicted molar refractivity (Wildman–Crippen MR) is 65.5 cm³/mol. The van der Waals surface area contributed by atoms with Crippen molar-refractivity contribution in [3.63, 3.8) is 0 Å². The highest BCUT2D eigenvalue weighted by Gasteiger charge is 2.33. The fourth-order valence-electron chi connectivity index (χ4n) is 2.38. The second kappa shape index (κ2) is 4.80. The Labute approximate surface area is 96.3 Å². The molecule has 0 bridgehead atoms. The SMILES string of the molecule is O[P+](O)(O)c1ccc(C2CCCCC2)cc1. The van der Waals surface area contributed by atoms with Crippen LogP contribution in [0.15, 0.2) is 24.3 Å². The van der Waals surface area contributed by atoms with Gasteiger partial charge in [0.15, 0.2) is 5.30 Å². The summed E-state index contributed by atoms with van der Waals surface area (Å²) in [6.45, 7) is 0. The molecule has 1 aliphatic rings. The number of hydrogen-bond donors (Lipinski definition) is 3. The van der Waals surface area contributed by atoms with Gasteiger partial charge < -0.3 is 0 Å². The Balaban J connectivity index is 2.12. The van der Waals surface area contributed by atoms with Crippen molar-refractivity contribution in [2.45, 2.75) is 38.0 Å². The van der Waals surface area contributed by atoms with E-state index in [9.17, 15) is 0 Å². The van der Waals surface area contributed by atoms with E-state index in [-0.39, 0.29) is 5.30 Å². The molecule has 4 heteroatoms. The Morgan fingerprint density at radius 3 is 1.94 bits per heavy atom. The lowest BCUT2D eigenvalue weighted by Gasteiger charge is -2.21. The zero-order chi connectivity index (χ0) is 11.6. The second-order valence-electron chi connectivity index (χ2n) is 4.49. The first kappa shape index (κ1) is 12.0. The summed E-state index contributed by atoms with van der Waals surface area (Å²) in [5, 5.41) is 0.229. The van der Waals surface area contributed by atoms with Crippen LogP contribution in [0, 0.1) is 0 Å². The van der Waals surface area contributed by atoms with Gasteiger partial charge in [-0.3, -0.25) is 0 Å². The zero-order valence-corrected chi connectivity index (χ0v) is 10.1. The van der Waals surface area contributed by atoms with Crippen LogP contribution in [0.5, 0.6) is 0 Å². The van der Waals surface area contributed by atoms with Crippen molar-refractivity contribution in [1.82, 2.24) is 0 Å². The highest BCUT2D eigenvalue weighted by molar-refractivity contribution is 7.66. The minimum absolute atomic E-state index is 0.229. The van der Waals surface area contributed by atoms with Crippen molar-refractivity contribution >= 4 is 13.2 Å². The van der Waals surface area contributed by atoms with Gasteiger partial charge in [-0.05, 0) is 36.5 Å². The first-order valence-electron chi connectivity index (χ1n) is 5.75. The molecule has 16 heavy (non-hydrogen) atoms. The molecule has 3 N–H and O–H groups in total. The maximum absolute atomic E-state index is 9.11. The van der Waals surface area contributed by atoms with E-state index in [4.69, 9.17) is 14.7 Å². The van der Waals surface area contributed by atoms with Crippen LogP contribution in [0.25, 0.3) is 0 Å². The molecule has 1 aliphatic carbocycles. The second-order valence-corrected chi connectivity index (χ2v) is 6.15. The molecule has 1 saturated carbocycles. The van der Waals surface area contributed by atoms with Crippen molar-refractivity contribution in [3.05, 3.63) is 29.8 Å². The van der Waals surface area contributed by atoms with Crippen molar-refractivity contribution in [2.75, 3.05) is 0 Å². The van der Waals surface area contributed by atoms with Crippen LogP contribution in [0.4, 0.5) is 0 Å². The van der Waals surface area contributed by atoms with Crippen molar-refractivity contribution in [1.29, 1.82) is 0 Å². The summed E-state index contributed by atoms with van der Waals surface area (Å²) < 4.78 is 0. The molecule has 1 aromatic rings. The lowest BCUT2D eigenvalue weighted by molar-refractivity contribution is 0.347. The van der Waals surface area contributed by atoms with Crippen LogP contribution in [0.3, 0.4) is 0 Å². The molecule has 2 rings (SSSR count). The van der Waals surface area contributed by atoms with E-state index >= 15 is 0 Å². The largest absolute Gasteiger partial charge is 0.440 e. The van der Waals surface area contributed by atoms with E-state index in [1.807, 2.05) is 12.1 Å². The standard InChI is InChI=1S/C12H18O3P/c13-16(14,15)12-8-6-11(7-9-12)10-4-2-1-3-5-10/h6-10,13-15H,1-5H2/q+1. The van der Waals surface area contributed by atoms with Gasteiger partial charge >= 0.3 is 7.94 Å². The fraction of sp³-hybridized carbons (Fsp3) is 0.500. The Morgan fingerprint density at radius 2 is 1.44 bits per heavy atom. The van der Waals surface area contributed by atoms with Gasteiger partial charge in [-0.2, -0.15) is 14.7 Å². The Morgan fingerprint density at radius 1 is 0.875 bits per heavy atom. The fourth-order valence-corrected chi connectivity index (χ4v) is 2.93. The molecule has 3 nitrogen and oxygen atoms in total. The van der Waals surface area contributed by atoms with E-state index in [0.717, 1.165) is 0 Å². The van der Waals surface area contributed by atoms with E-state index in [1.54, 1.807) is 12.1 Å². The van der Waals surface area contributed by atoms with Gasteiger partial charge in [-0.1, -0.05) is 31.4 Å². The summed E-state index contributed by atoms with van der Waals surface area (Å²) >= 11 is 0. The van der Waals surface area contributed by atoms with Gasteiger partial charge in [0, 0.05) is 0 Å². The maximum atomic E-state index is 9.11. The summed E-state index contributed by atoms with van der Waals surface area (Å²) in [4.78, 5) is 27.3. The van der Waals surface area contributed by atoms with Gasteiger partial charge in [-0.25, -0.2) is 0 Å². The van der Waals surface area contributed by atoms with Crippen LogP contribution in [-0.2, 0) is 0 Å². The van der Waals surface area contributed by atoms with Crippen LogP contribution in [0.2, 0.25) is 0 Å². The van der Waals surface area contributed by atoms with Gasteiger partial charge in [0.25, 0.3) is 0 Å². The molecule has 1 aromatic carbocycles. The third kappa shape index (κ3) is 2.80. The van der Waals surface area contributed by atoms with Crippen LogP contribution in [0.1, 0.15) is 43.6 Å². The molecule has 0 aromatic heterocycles. The molecule has 88 valence electrons. The van der Waals surface area contributed by atoms with Crippen molar-refractivity contribution in [3.8, 4) is 0 Å². The van der Waals surface area contributed by atoms with Crippen LogP contribution in [-0.4, -0.2) is 14.7 Å². The minimum atomic E-state index is -3.83. The number of benzene rings is 1. The Hall–Kier alpha value is -0.470. The van der Waals surface area contributed by atoms with Crippen molar-refractivity contribution < 1.29 is 14.7 Å². The van der Waals surface area contributed by atoms with Crippen LogP contribution >= 0.6 is 7.94 Å². The summed E-state index contributed by atoms with van der Waals surface area (Å²) in [5.74, 6) is 0.603. The minimum Gasteiger partial charge on any atom is -0.189 e. The molecule has 0 radical (unpaired) electrons. The highest BCUT2D eigenvalue weighted by Crippen LogP contribution is 2.43. The molecular formula is C12H18O3P+. The third-order valence-corrected chi connectivity index (χ3v) is 4.31. The molecular weight excluding hydrogens is 223 g/mol. The summed E-state index contributed by atoms with van der Waals surface area (Å²) in [5.41, 5.74) is 1.25. The molecule has 1 fully saturated rings. The first-order valence-corrected chi connectivity index (χ1v) is 7.40. The predicted octanol–water partition coefficient (Wildman–Crippen LogP) is 2.10. The average Bonchev–Trinajstić information content (AvgIpc) is 2.29. The molecule has 0 unspecified atom stereocenters. The third-order valence-electron chi connectivity index (χ3n) is 3.32. The zero-order valence-electron chi connectivity index (χ0n) is 9.21. The molecule has 0 saturated heterocycles. The van der Waals surface area contributed by atoms with Gasteiger partial charge in [0.05, 0.1) is 0 Å². The highest BCUT2D eigenvalue weighted by atomic mass is 31.2.